The molecule has 22 heavy (non-hydrogen) atoms. The van der Waals surface area contributed by atoms with E-state index in [4.69, 9.17) is 9.47 Å². The predicted molar refractivity (Wildman–Crippen MR) is 80.2 cm³/mol. The average molecular weight is 321 g/mol. The summed E-state index contributed by atoms with van der Waals surface area (Å²) in [6, 6.07) is 7.02. The van der Waals surface area contributed by atoms with Crippen LogP contribution in [0.25, 0.3) is 5.69 Å². The van der Waals surface area contributed by atoms with E-state index in [1.54, 1.807) is 38.3 Å². The van der Waals surface area contributed by atoms with Crippen molar-refractivity contribution in [2.75, 3.05) is 13.7 Å². The van der Waals surface area contributed by atoms with Crippen molar-refractivity contribution in [3.8, 4) is 11.4 Å². The van der Waals surface area contributed by atoms with Gasteiger partial charge in [0, 0.05) is 6.92 Å². The molecule has 8 heteroatoms. The van der Waals surface area contributed by atoms with Gasteiger partial charge in [-0.2, -0.15) is 4.99 Å². The summed E-state index contributed by atoms with van der Waals surface area (Å²) in [6.45, 7) is 3.30. The van der Waals surface area contributed by atoms with Gasteiger partial charge < -0.3 is 9.47 Å². The van der Waals surface area contributed by atoms with Crippen LogP contribution in [-0.2, 0) is 9.53 Å². The molecule has 0 saturated carbocycles. The second-order valence-corrected chi connectivity index (χ2v) is 5.11. The van der Waals surface area contributed by atoms with Gasteiger partial charge in [0.15, 0.2) is 0 Å². The van der Waals surface area contributed by atoms with E-state index < -0.39 is 5.97 Å². The Hall–Kier alpha value is -2.48. The van der Waals surface area contributed by atoms with E-state index in [2.05, 4.69) is 10.1 Å². The topological polar surface area (TPSA) is 82.8 Å². The van der Waals surface area contributed by atoms with Crippen LogP contribution < -0.4 is 9.54 Å². The van der Waals surface area contributed by atoms with Crippen molar-refractivity contribution < 1.29 is 19.1 Å². The Balaban J connectivity index is 2.52. The zero-order valence-electron chi connectivity index (χ0n) is 12.4. The molecule has 7 nitrogen and oxygen atoms in total. The van der Waals surface area contributed by atoms with E-state index in [0.29, 0.717) is 16.2 Å². The molecule has 0 spiro atoms. The molecule has 1 heterocycles. The van der Waals surface area contributed by atoms with Gasteiger partial charge in [0.25, 0.3) is 0 Å². The summed E-state index contributed by atoms with van der Waals surface area (Å²) < 4.78 is 11.4. The molecule has 0 aliphatic rings. The number of hydrogen-bond donors (Lipinski definition) is 0. The maximum Gasteiger partial charge on any atom is 0.369 e. The molecule has 0 N–H and O–H groups in total. The molecule has 0 bridgehead atoms. The van der Waals surface area contributed by atoms with Crippen molar-refractivity contribution >= 4 is 23.2 Å². The average Bonchev–Trinajstić information content (AvgIpc) is 2.91. The lowest BCUT2D eigenvalue weighted by atomic mass is 10.3. The molecule has 0 fully saturated rings. The van der Waals surface area contributed by atoms with Crippen LogP contribution in [0.2, 0.25) is 0 Å². The molecule has 2 rings (SSSR count). The number of esters is 1. The van der Waals surface area contributed by atoms with Crippen LogP contribution in [-0.4, -0.2) is 35.4 Å². The lowest BCUT2D eigenvalue weighted by Crippen LogP contribution is -2.16. The summed E-state index contributed by atoms with van der Waals surface area (Å²) in [5.41, 5.74) is 0.660. The van der Waals surface area contributed by atoms with Crippen LogP contribution in [0.15, 0.2) is 29.3 Å². The normalized spacial score (nSPS) is 11.3. The smallest absolute Gasteiger partial charge is 0.369 e. The molecule has 1 aromatic carbocycles. The van der Waals surface area contributed by atoms with Crippen molar-refractivity contribution in [2.24, 2.45) is 4.99 Å². The van der Waals surface area contributed by atoms with Gasteiger partial charge in [-0.15, -0.1) is 5.10 Å². The van der Waals surface area contributed by atoms with Gasteiger partial charge in [-0.05, 0) is 31.2 Å². The van der Waals surface area contributed by atoms with Crippen LogP contribution in [0.4, 0.5) is 0 Å². The molecule has 1 aromatic heterocycles. The summed E-state index contributed by atoms with van der Waals surface area (Å²) >= 11 is 0.999. The van der Waals surface area contributed by atoms with Gasteiger partial charge in [-0.3, -0.25) is 4.79 Å². The molecular weight excluding hydrogens is 306 g/mol. The Morgan fingerprint density at radius 3 is 2.55 bits per heavy atom. The number of benzene rings is 1. The van der Waals surface area contributed by atoms with Crippen molar-refractivity contribution in [3.05, 3.63) is 34.1 Å². The van der Waals surface area contributed by atoms with Gasteiger partial charge in [0.05, 0.1) is 19.4 Å². The quantitative estimate of drug-likeness (QED) is 0.798. The van der Waals surface area contributed by atoms with E-state index in [0.717, 1.165) is 11.3 Å². The van der Waals surface area contributed by atoms with Crippen LogP contribution in [0, 0.1) is 0 Å². The Bertz CT molecular complexity index is 746. The maximum absolute atomic E-state index is 11.8. The van der Waals surface area contributed by atoms with Crippen molar-refractivity contribution in [1.82, 2.24) is 9.78 Å². The highest BCUT2D eigenvalue weighted by Gasteiger charge is 2.15. The van der Waals surface area contributed by atoms with Crippen molar-refractivity contribution in [2.45, 2.75) is 13.8 Å². The number of carbonyl (C=O) groups is 2. The number of aromatic nitrogens is 2. The first-order valence-corrected chi connectivity index (χ1v) is 7.33. The molecule has 116 valence electrons. The highest BCUT2D eigenvalue weighted by Crippen LogP contribution is 2.14. The number of rotatable bonds is 4. The van der Waals surface area contributed by atoms with Crippen molar-refractivity contribution in [3.63, 3.8) is 0 Å². The zero-order valence-corrected chi connectivity index (χ0v) is 13.2. The maximum atomic E-state index is 11.8. The Labute approximate surface area is 130 Å². The molecule has 0 aliphatic carbocycles. The fourth-order valence-electron chi connectivity index (χ4n) is 1.66. The molecule has 0 unspecified atom stereocenters. The van der Waals surface area contributed by atoms with Crippen LogP contribution in [0.5, 0.6) is 5.75 Å². The van der Waals surface area contributed by atoms with Gasteiger partial charge in [0.2, 0.25) is 15.7 Å². The lowest BCUT2D eigenvalue weighted by Gasteiger charge is -2.03. The highest BCUT2D eigenvalue weighted by molar-refractivity contribution is 7.10. The molecule has 2 aromatic rings. The highest BCUT2D eigenvalue weighted by atomic mass is 32.1. The van der Waals surface area contributed by atoms with E-state index >= 15 is 0 Å². The van der Waals surface area contributed by atoms with E-state index in [9.17, 15) is 9.59 Å². The van der Waals surface area contributed by atoms with Gasteiger partial charge in [0.1, 0.15) is 5.75 Å². The molecule has 0 atom stereocenters. The summed E-state index contributed by atoms with van der Waals surface area (Å²) in [5, 5.41) is 4.32. The predicted octanol–water partition coefficient (Wildman–Crippen LogP) is 1.57. The summed E-state index contributed by atoms with van der Waals surface area (Å²) in [7, 11) is 1.57. The number of carbonyl (C=O) groups excluding carboxylic acids is 2. The summed E-state index contributed by atoms with van der Waals surface area (Å²) in [4.78, 5) is 27.2. The SMILES string of the molecule is CCOC(=O)c1nn(-c2ccc(OC)cc2)c(=NC(C)=O)s1. The lowest BCUT2D eigenvalue weighted by molar-refractivity contribution is -0.116. The number of nitrogens with zero attached hydrogens (tertiary/aromatic N) is 3. The first-order chi connectivity index (χ1) is 10.5. The van der Waals surface area contributed by atoms with E-state index in [-0.39, 0.29) is 17.5 Å². The minimum absolute atomic E-state index is 0.137. The zero-order chi connectivity index (χ0) is 16.1. The first kappa shape index (κ1) is 15.9. The second kappa shape index (κ2) is 6.99. The van der Waals surface area contributed by atoms with Crippen molar-refractivity contribution in [1.29, 1.82) is 0 Å². The minimum Gasteiger partial charge on any atom is -0.497 e. The third-order valence-corrected chi connectivity index (χ3v) is 3.47. The summed E-state index contributed by atoms with van der Waals surface area (Å²) in [5.74, 6) is -0.226. The van der Waals surface area contributed by atoms with Crippen LogP contribution in [0.3, 0.4) is 0 Å². The fourth-order valence-corrected chi connectivity index (χ4v) is 2.50. The number of hydrogen-bond acceptors (Lipinski definition) is 6. The van der Waals surface area contributed by atoms with Gasteiger partial charge >= 0.3 is 5.97 Å². The summed E-state index contributed by atoms with van der Waals surface area (Å²) in [6.07, 6.45) is 0. The first-order valence-electron chi connectivity index (χ1n) is 6.52. The molecule has 0 radical (unpaired) electrons. The van der Waals surface area contributed by atoms with E-state index in [1.165, 1.54) is 11.6 Å². The minimum atomic E-state index is -0.542. The third-order valence-electron chi connectivity index (χ3n) is 2.58. The number of methoxy groups -OCH3 is 1. The largest absolute Gasteiger partial charge is 0.497 e. The Morgan fingerprint density at radius 2 is 2.00 bits per heavy atom. The van der Waals surface area contributed by atoms with E-state index in [1.807, 2.05) is 0 Å². The second-order valence-electron chi connectivity index (χ2n) is 4.15. The number of amides is 1. The van der Waals surface area contributed by atoms with Crippen LogP contribution in [0.1, 0.15) is 23.6 Å². The molecule has 0 saturated heterocycles. The van der Waals surface area contributed by atoms with Gasteiger partial charge in [-0.25, -0.2) is 9.48 Å². The Morgan fingerprint density at radius 1 is 1.32 bits per heavy atom. The molecular formula is C14H15N3O4S. The van der Waals surface area contributed by atoms with Crippen LogP contribution >= 0.6 is 11.3 Å². The fraction of sp³-hybridized carbons (Fsp3) is 0.286. The Kier molecular flexibility index (Phi) is 5.05. The molecule has 0 aliphatic heterocycles. The van der Waals surface area contributed by atoms with Gasteiger partial charge in [-0.1, -0.05) is 11.3 Å². The number of ether oxygens (including phenoxy) is 2. The standard InChI is InChI=1S/C14H15N3O4S/c1-4-21-13(19)12-16-17(14(22-12)15-9(2)18)10-5-7-11(20-3)8-6-10/h5-8H,4H2,1-3H3. The molecule has 1 amide bonds. The third kappa shape index (κ3) is 3.59. The monoisotopic (exact) mass is 321 g/mol.